The highest BCUT2D eigenvalue weighted by Crippen LogP contribution is 2.33. The Hall–Kier alpha value is -6.03. The average Bonchev–Trinajstić information content (AvgIpc) is 3.85. The second kappa shape index (κ2) is 16.2. The summed E-state index contributed by atoms with van der Waals surface area (Å²) in [5.41, 5.74) is 3.47. The van der Waals surface area contributed by atoms with E-state index in [4.69, 9.17) is 4.98 Å². The van der Waals surface area contributed by atoms with Crippen LogP contribution < -0.4 is 26.4 Å². The molecule has 1 aliphatic carbocycles. The third-order valence-corrected chi connectivity index (χ3v) is 13.1. The number of aryl methyl sites for hydroxylation is 1. The van der Waals surface area contributed by atoms with E-state index in [0.29, 0.717) is 34.3 Å². The lowest BCUT2D eigenvalue weighted by atomic mass is 9.94. The molecule has 1 saturated carbocycles. The van der Waals surface area contributed by atoms with E-state index in [2.05, 4.69) is 41.8 Å². The maximum Gasteiger partial charge on any atom is 0.263 e. The van der Waals surface area contributed by atoms with E-state index in [-0.39, 0.29) is 53.0 Å². The predicted octanol–water partition coefficient (Wildman–Crippen LogP) is 4.75. The molecule has 4 fully saturated rings. The van der Waals surface area contributed by atoms with Crippen molar-refractivity contribution in [3.8, 4) is 0 Å². The zero-order valence-corrected chi connectivity index (χ0v) is 34.0. The smallest absolute Gasteiger partial charge is 0.263 e. The lowest BCUT2D eigenvalue weighted by molar-refractivity contribution is -0.136. The number of hydrogen-bond donors (Lipinski definition) is 3. The highest BCUT2D eigenvalue weighted by atomic mass is 16.2. The topological polar surface area (TPSA) is 192 Å². The maximum atomic E-state index is 13.6. The Labute approximate surface area is 347 Å². The number of pyridine rings is 2. The number of benzene rings is 1. The van der Waals surface area contributed by atoms with Crippen molar-refractivity contribution in [3.63, 3.8) is 0 Å². The third kappa shape index (κ3) is 7.52. The summed E-state index contributed by atoms with van der Waals surface area (Å²) >= 11 is 0. The fraction of sp³-hybridized carbons (Fsp3) is 0.477. The van der Waals surface area contributed by atoms with Crippen LogP contribution in [0.4, 0.5) is 23.1 Å². The molecule has 0 bridgehead atoms. The van der Waals surface area contributed by atoms with Crippen molar-refractivity contribution in [2.45, 2.75) is 96.2 Å². The first-order valence-corrected chi connectivity index (χ1v) is 21.3. The monoisotopic (exact) mass is 814 g/mol. The van der Waals surface area contributed by atoms with Gasteiger partial charge in [0.2, 0.25) is 17.8 Å². The fourth-order valence-corrected chi connectivity index (χ4v) is 9.94. The Kier molecular flexibility index (Phi) is 10.6. The standard InChI is InChI=1S/C44H50N10O6/c1-25-34-22-46-44(50-39(34)53(30-7-3-4-8-30)43(60)38(25)26(2)55)48-36-13-10-31(21-45-36)52-18-15-27(16-19-52)23-51-17-5-6-29(24-51)47-28-9-11-32-33(20-28)42(59)54(41(32)58)35-12-14-37(56)49-40(35)57/h9-11,13,20-22,27,29-30,35,47H,3-8,12,14-19,23-24H2,1-2H3,(H,49,56,57)(H,45,46,48,50)/t29-,35?/m1/s1. The van der Waals surface area contributed by atoms with Crippen LogP contribution in [0.2, 0.25) is 0 Å². The van der Waals surface area contributed by atoms with Gasteiger partial charge in [-0.3, -0.25) is 43.6 Å². The van der Waals surface area contributed by atoms with Gasteiger partial charge in [-0.25, -0.2) is 9.97 Å². The van der Waals surface area contributed by atoms with Crippen molar-refractivity contribution in [1.29, 1.82) is 0 Å². The van der Waals surface area contributed by atoms with Gasteiger partial charge in [0.1, 0.15) is 17.5 Å². The van der Waals surface area contributed by atoms with E-state index in [9.17, 15) is 28.8 Å². The lowest BCUT2D eigenvalue weighted by Gasteiger charge is -2.39. The molecular weight excluding hydrogens is 765 g/mol. The summed E-state index contributed by atoms with van der Waals surface area (Å²) in [5, 5.41) is 9.77. The van der Waals surface area contributed by atoms with E-state index in [1.54, 1.807) is 29.8 Å². The first-order valence-electron chi connectivity index (χ1n) is 21.3. The fourth-order valence-electron chi connectivity index (χ4n) is 9.94. The Morgan fingerprint density at radius 2 is 1.65 bits per heavy atom. The molecular formula is C44H50N10O6. The second-order valence-electron chi connectivity index (χ2n) is 17.0. The van der Waals surface area contributed by atoms with Gasteiger partial charge in [-0.2, -0.15) is 4.98 Å². The Bertz CT molecular complexity index is 2450. The predicted molar refractivity (Wildman–Crippen MR) is 225 cm³/mol. The van der Waals surface area contributed by atoms with Gasteiger partial charge in [-0.1, -0.05) is 12.8 Å². The summed E-state index contributed by atoms with van der Waals surface area (Å²) in [6.07, 6.45) is 11.8. The van der Waals surface area contributed by atoms with Crippen LogP contribution in [0.25, 0.3) is 11.0 Å². The van der Waals surface area contributed by atoms with Crippen LogP contribution in [0.15, 0.2) is 47.5 Å². The highest BCUT2D eigenvalue weighted by Gasteiger charge is 2.44. The number of fused-ring (bicyclic) bond motifs is 2. The Morgan fingerprint density at radius 3 is 2.38 bits per heavy atom. The van der Waals surface area contributed by atoms with Crippen molar-refractivity contribution in [2.24, 2.45) is 5.92 Å². The summed E-state index contributed by atoms with van der Waals surface area (Å²) in [6, 6.07) is 8.39. The number of nitrogens with zero attached hydrogens (tertiary/aromatic N) is 7. The van der Waals surface area contributed by atoms with Crippen LogP contribution in [0.1, 0.15) is 114 Å². The van der Waals surface area contributed by atoms with Gasteiger partial charge >= 0.3 is 0 Å². The number of carbonyl (C=O) groups is 5. The van der Waals surface area contributed by atoms with Gasteiger partial charge in [-0.05, 0) is 107 Å². The van der Waals surface area contributed by atoms with Crippen LogP contribution in [-0.2, 0) is 9.59 Å². The van der Waals surface area contributed by atoms with Crippen molar-refractivity contribution in [2.75, 3.05) is 48.3 Å². The molecule has 4 amide bonds. The first-order chi connectivity index (χ1) is 29.0. The third-order valence-electron chi connectivity index (χ3n) is 13.1. The molecule has 3 saturated heterocycles. The summed E-state index contributed by atoms with van der Waals surface area (Å²) in [6.45, 7) is 8.02. The summed E-state index contributed by atoms with van der Waals surface area (Å²) in [4.78, 5) is 96.6. The highest BCUT2D eigenvalue weighted by molar-refractivity contribution is 6.23. The number of carbonyl (C=O) groups excluding carboxylic acids is 5. The van der Waals surface area contributed by atoms with Crippen LogP contribution in [0, 0.1) is 12.8 Å². The molecule has 7 heterocycles. The van der Waals surface area contributed by atoms with Gasteiger partial charge in [0.15, 0.2) is 5.78 Å². The summed E-state index contributed by atoms with van der Waals surface area (Å²) in [7, 11) is 0. The molecule has 4 aliphatic heterocycles. The number of aromatic nitrogens is 4. The summed E-state index contributed by atoms with van der Waals surface area (Å²) in [5.74, 6) is -0.747. The molecule has 4 aromatic rings. The van der Waals surface area contributed by atoms with Crippen molar-refractivity contribution >= 4 is 63.6 Å². The quantitative estimate of drug-likeness (QED) is 0.147. The molecule has 60 heavy (non-hydrogen) atoms. The molecule has 312 valence electrons. The molecule has 16 nitrogen and oxygen atoms in total. The number of nitrogens with one attached hydrogen (secondary N) is 3. The molecule has 2 atom stereocenters. The second-order valence-corrected chi connectivity index (χ2v) is 17.0. The molecule has 0 spiro atoms. The van der Waals surface area contributed by atoms with Crippen LogP contribution >= 0.6 is 0 Å². The lowest BCUT2D eigenvalue weighted by Crippen LogP contribution is -2.54. The normalized spacial score (nSPS) is 21.8. The van der Waals surface area contributed by atoms with Gasteiger partial charge in [0, 0.05) is 62.0 Å². The van der Waals surface area contributed by atoms with Gasteiger partial charge in [0.25, 0.3) is 17.4 Å². The van der Waals surface area contributed by atoms with Gasteiger partial charge < -0.3 is 20.4 Å². The molecule has 3 N–H and O–H groups in total. The molecule has 1 unspecified atom stereocenters. The number of amides is 4. The minimum absolute atomic E-state index is 0.00552. The van der Waals surface area contributed by atoms with Gasteiger partial charge in [0.05, 0.1) is 28.6 Å². The SMILES string of the molecule is CC(=O)c1c(C)c2cnc(Nc3ccc(N4CCC(CN5CCC[C@@H](Nc6ccc7c(c6)C(=O)N(C6CCC(=O)NC6=O)C7=O)C5)CC4)cn3)nc2n(C2CCCC2)c1=O. The number of piperidine rings is 3. The molecule has 3 aromatic heterocycles. The van der Waals surface area contributed by atoms with Crippen LogP contribution in [0.3, 0.4) is 0 Å². The number of imide groups is 2. The number of hydrogen-bond acceptors (Lipinski definition) is 13. The minimum atomic E-state index is -0.983. The van der Waals surface area contributed by atoms with Crippen LogP contribution in [-0.4, -0.2) is 104 Å². The number of ketones is 1. The van der Waals surface area contributed by atoms with Crippen molar-refractivity contribution < 1.29 is 24.0 Å². The Morgan fingerprint density at radius 1 is 0.867 bits per heavy atom. The van der Waals surface area contributed by atoms with E-state index in [1.807, 2.05) is 18.3 Å². The average molecular weight is 815 g/mol. The van der Waals surface area contributed by atoms with E-state index >= 15 is 0 Å². The van der Waals surface area contributed by atoms with E-state index in [0.717, 1.165) is 100 Å². The minimum Gasteiger partial charge on any atom is -0.381 e. The zero-order chi connectivity index (χ0) is 41.7. The number of likely N-dealkylation sites (tertiary alicyclic amines) is 1. The largest absolute Gasteiger partial charge is 0.381 e. The first kappa shape index (κ1) is 39.4. The van der Waals surface area contributed by atoms with Crippen LogP contribution in [0.5, 0.6) is 0 Å². The molecule has 9 rings (SSSR count). The molecule has 1 aromatic carbocycles. The van der Waals surface area contributed by atoms with Crippen molar-refractivity contribution in [3.05, 3.63) is 75.3 Å². The summed E-state index contributed by atoms with van der Waals surface area (Å²) < 4.78 is 1.71. The maximum absolute atomic E-state index is 13.6. The van der Waals surface area contributed by atoms with E-state index in [1.165, 1.54) is 6.92 Å². The number of rotatable bonds is 10. The number of Topliss-reactive ketones (excluding diaryl/α,β-unsaturated/α-hetero) is 1. The van der Waals surface area contributed by atoms with E-state index < -0.39 is 29.7 Å². The Balaban J connectivity index is 0.782. The molecule has 16 heteroatoms. The van der Waals surface area contributed by atoms with Crippen molar-refractivity contribution in [1.82, 2.24) is 34.6 Å². The zero-order valence-electron chi connectivity index (χ0n) is 34.0. The number of anilines is 4. The molecule has 5 aliphatic rings. The van der Waals surface area contributed by atoms with Gasteiger partial charge in [-0.15, -0.1) is 0 Å². The molecule has 0 radical (unpaired) electrons.